The maximum Gasteiger partial charge on any atom is 0.255 e. The fourth-order valence-electron chi connectivity index (χ4n) is 5.22. The second-order valence-corrected chi connectivity index (χ2v) is 12.0. The van der Waals surface area contributed by atoms with Gasteiger partial charge in [0.05, 0.1) is 0 Å². The van der Waals surface area contributed by atoms with Gasteiger partial charge in [-0.15, -0.1) is 0 Å². The van der Waals surface area contributed by atoms with Gasteiger partial charge in [0.2, 0.25) is 5.91 Å². The van der Waals surface area contributed by atoms with Crippen molar-refractivity contribution in [2.24, 2.45) is 0 Å². The van der Waals surface area contributed by atoms with Crippen molar-refractivity contribution >= 4 is 17.5 Å². The highest BCUT2D eigenvalue weighted by Crippen LogP contribution is 2.28. The molecule has 1 N–H and O–H groups in total. The molecule has 1 fully saturated rings. The number of nitrogens with zero attached hydrogens (tertiary/aromatic N) is 5. The number of rotatable bonds is 6. The summed E-state index contributed by atoms with van der Waals surface area (Å²) in [6.07, 6.45) is 2.06. The lowest BCUT2D eigenvalue weighted by molar-refractivity contribution is -0.139. The number of carbonyl (C=O) groups is 2. The van der Waals surface area contributed by atoms with Crippen LogP contribution < -0.4 is 5.32 Å². The van der Waals surface area contributed by atoms with Gasteiger partial charge in [0.1, 0.15) is 18.2 Å². The highest BCUT2D eigenvalue weighted by Gasteiger charge is 2.31. The summed E-state index contributed by atoms with van der Waals surface area (Å²) in [6.45, 7) is 9.99. The Morgan fingerprint density at radius 1 is 0.952 bits per heavy atom. The van der Waals surface area contributed by atoms with E-state index in [1.54, 1.807) is 4.90 Å². The molecule has 2 amide bonds. The topological polar surface area (TPSA) is 91.3 Å². The normalized spacial score (nSPS) is 16.0. The van der Waals surface area contributed by atoms with E-state index in [1.807, 2.05) is 87.7 Å². The van der Waals surface area contributed by atoms with Crippen molar-refractivity contribution in [2.75, 3.05) is 32.5 Å². The summed E-state index contributed by atoms with van der Waals surface area (Å²) in [4.78, 5) is 43.3. The summed E-state index contributed by atoms with van der Waals surface area (Å²) in [7, 11) is 3.84. The zero-order chi connectivity index (χ0) is 30.0. The molecule has 5 rings (SSSR count). The van der Waals surface area contributed by atoms with Crippen LogP contribution in [0.3, 0.4) is 0 Å². The molecule has 0 saturated carbocycles. The van der Waals surface area contributed by atoms with E-state index < -0.39 is 0 Å². The fourth-order valence-corrected chi connectivity index (χ4v) is 5.22. The van der Waals surface area contributed by atoms with Crippen molar-refractivity contribution in [3.05, 3.63) is 107 Å². The molecule has 1 unspecified atom stereocenters. The third-order valence-electron chi connectivity index (χ3n) is 7.95. The number of anilines is 1. The molecule has 8 heteroatoms. The molecule has 1 aliphatic rings. The van der Waals surface area contributed by atoms with E-state index >= 15 is 0 Å². The molecule has 0 bridgehead atoms. The molecule has 0 spiro atoms. The summed E-state index contributed by atoms with van der Waals surface area (Å²) >= 11 is 0. The minimum atomic E-state index is -0.264. The first-order valence-electron chi connectivity index (χ1n) is 14.2. The van der Waals surface area contributed by atoms with Gasteiger partial charge in [0, 0.05) is 43.4 Å². The Hall–Kier alpha value is -4.43. The molecule has 1 aromatic heterocycles. The average molecular weight is 563 g/mol. The summed E-state index contributed by atoms with van der Waals surface area (Å²) in [5.74, 6) is 1.15. The minimum absolute atomic E-state index is 0.0243. The molecule has 0 radical (unpaired) electrons. The van der Waals surface area contributed by atoms with Crippen LogP contribution in [0, 0.1) is 6.92 Å². The highest BCUT2D eigenvalue weighted by molar-refractivity contribution is 6.05. The maximum absolute atomic E-state index is 13.0. The van der Waals surface area contributed by atoms with Gasteiger partial charge >= 0.3 is 0 Å². The first-order chi connectivity index (χ1) is 20.0. The second-order valence-electron chi connectivity index (χ2n) is 12.0. The smallest absolute Gasteiger partial charge is 0.255 e. The number of likely N-dealkylation sites (N-methyl/N-ethyl adjacent to an activating group) is 2. The standard InChI is InChI=1S/C34H38N6O2/c1-22-27(8-7-9-28(22)37-32(41)25-14-16-26(17-15-25)34(2,3)4)31-36-21-35-29(38-31)20-23-10-12-24(13-11-23)30-33(42)40(6)19-18-39(30)5/h7-17,21,30H,18-20H2,1-6H3,(H,37,41). The van der Waals surface area contributed by atoms with Crippen LogP contribution in [-0.4, -0.2) is 63.8 Å². The molecule has 216 valence electrons. The zero-order valence-corrected chi connectivity index (χ0v) is 25.2. The Balaban J connectivity index is 1.31. The Kier molecular flexibility index (Phi) is 8.18. The lowest BCUT2D eigenvalue weighted by Crippen LogP contribution is -2.48. The Bertz CT molecular complexity index is 1590. The van der Waals surface area contributed by atoms with E-state index in [9.17, 15) is 9.59 Å². The van der Waals surface area contributed by atoms with Crippen LogP contribution in [0.2, 0.25) is 0 Å². The third kappa shape index (κ3) is 6.24. The number of piperazine rings is 1. The minimum Gasteiger partial charge on any atom is -0.343 e. The van der Waals surface area contributed by atoms with Gasteiger partial charge in [0.15, 0.2) is 5.82 Å². The van der Waals surface area contributed by atoms with E-state index in [1.165, 1.54) is 11.9 Å². The monoisotopic (exact) mass is 562 g/mol. The molecule has 1 aliphatic heterocycles. The number of aromatic nitrogens is 3. The van der Waals surface area contributed by atoms with Crippen molar-refractivity contribution in [3.63, 3.8) is 0 Å². The Labute approximate surface area is 247 Å². The number of hydrogen-bond donors (Lipinski definition) is 1. The van der Waals surface area contributed by atoms with Crippen LogP contribution in [0.25, 0.3) is 11.4 Å². The zero-order valence-electron chi connectivity index (χ0n) is 25.2. The third-order valence-corrected chi connectivity index (χ3v) is 7.95. The fraction of sp³-hybridized carbons (Fsp3) is 0.324. The van der Waals surface area contributed by atoms with E-state index in [-0.39, 0.29) is 23.3 Å². The largest absolute Gasteiger partial charge is 0.343 e. The maximum atomic E-state index is 13.0. The quantitative estimate of drug-likeness (QED) is 0.337. The van der Waals surface area contributed by atoms with Gasteiger partial charge in [0.25, 0.3) is 5.91 Å². The molecule has 0 aliphatic carbocycles. The van der Waals surface area contributed by atoms with Crippen LogP contribution in [0.4, 0.5) is 5.69 Å². The van der Waals surface area contributed by atoms with Gasteiger partial charge in [-0.3, -0.25) is 14.5 Å². The number of amides is 2. The lowest BCUT2D eigenvalue weighted by atomic mass is 9.86. The molecule has 4 aromatic rings. The van der Waals surface area contributed by atoms with Crippen molar-refractivity contribution in [2.45, 2.75) is 45.6 Å². The van der Waals surface area contributed by atoms with E-state index in [0.29, 0.717) is 29.3 Å². The number of benzene rings is 3. The first-order valence-corrected chi connectivity index (χ1v) is 14.2. The second kappa shape index (κ2) is 11.8. The van der Waals surface area contributed by atoms with Crippen molar-refractivity contribution < 1.29 is 9.59 Å². The average Bonchev–Trinajstić information content (AvgIpc) is 2.97. The molecule has 2 heterocycles. The summed E-state index contributed by atoms with van der Waals surface area (Å²) < 4.78 is 0. The van der Waals surface area contributed by atoms with E-state index in [0.717, 1.165) is 35.3 Å². The predicted octanol–water partition coefficient (Wildman–Crippen LogP) is 5.43. The molecular formula is C34H38N6O2. The van der Waals surface area contributed by atoms with Crippen LogP contribution in [0.15, 0.2) is 73.1 Å². The number of hydrogen-bond acceptors (Lipinski definition) is 6. The molecule has 3 aromatic carbocycles. The number of nitrogens with one attached hydrogen (secondary N) is 1. The van der Waals surface area contributed by atoms with Gasteiger partial charge in [-0.05, 0) is 59.8 Å². The van der Waals surface area contributed by atoms with Gasteiger partial charge in [-0.2, -0.15) is 0 Å². The highest BCUT2D eigenvalue weighted by atomic mass is 16.2. The van der Waals surface area contributed by atoms with Gasteiger partial charge in [-0.1, -0.05) is 69.3 Å². The lowest BCUT2D eigenvalue weighted by Gasteiger charge is -2.37. The predicted molar refractivity (Wildman–Crippen MR) is 165 cm³/mol. The molecular weight excluding hydrogens is 524 g/mol. The van der Waals surface area contributed by atoms with E-state index in [4.69, 9.17) is 4.98 Å². The van der Waals surface area contributed by atoms with Gasteiger partial charge in [-0.25, -0.2) is 15.0 Å². The van der Waals surface area contributed by atoms with E-state index in [2.05, 4.69) is 41.0 Å². The SMILES string of the molecule is Cc1c(NC(=O)c2ccc(C(C)(C)C)cc2)cccc1-c1ncnc(Cc2ccc(C3C(=O)N(C)CCN3C)cc2)n1. The van der Waals surface area contributed by atoms with Gasteiger partial charge < -0.3 is 10.2 Å². The molecule has 1 saturated heterocycles. The van der Waals surface area contributed by atoms with Crippen molar-refractivity contribution in [3.8, 4) is 11.4 Å². The van der Waals surface area contributed by atoms with Crippen LogP contribution in [0.1, 0.15) is 65.2 Å². The first kappa shape index (κ1) is 29.1. The molecule has 1 atom stereocenters. The van der Waals surface area contributed by atoms with Crippen molar-refractivity contribution in [1.82, 2.24) is 24.8 Å². The number of carbonyl (C=O) groups excluding carboxylic acids is 2. The summed E-state index contributed by atoms with van der Waals surface area (Å²) in [5.41, 5.74) is 6.26. The summed E-state index contributed by atoms with van der Waals surface area (Å²) in [5, 5.41) is 3.05. The van der Waals surface area contributed by atoms with Crippen LogP contribution in [-0.2, 0) is 16.6 Å². The molecule has 42 heavy (non-hydrogen) atoms. The van der Waals surface area contributed by atoms with Crippen LogP contribution in [0.5, 0.6) is 0 Å². The van der Waals surface area contributed by atoms with Crippen molar-refractivity contribution in [1.29, 1.82) is 0 Å². The molecule has 8 nitrogen and oxygen atoms in total. The van der Waals surface area contributed by atoms with Crippen LogP contribution >= 0.6 is 0 Å². The Morgan fingerprint density at radius 2 is 1.67 bits per heavy atom. The Morgan fingerprint density at radius 3 is 2.36 bits per heavy atom. The summed E-state index contributed by atoms with van der Waals surface area (Å²) in [6, 6.07) is 21.3.